The fourth-order valence-corrected chi connectivity index (χ4v) is 5.59. The van der Waals surface area contributed by atoms with Crippen LogP contribution >= 0.6 is 0 Å². The summed E-state index contributed by atoms with van der Waals surface area (Å²) in [5.41, 5.74) is 3.79. The molecule has 1 atom stereocenters. The maximum absolute atomic E-state index is 14.4. The van der Waals surface area contributed by atoms with E-state index in [1.807, 2.05) is 17.9 Å². The molecule has 2 fully saturated rings. The second-order valence-corrected chi connectivity index (χ2v) is 9.42. The van der Waals surface area contributed by atoms with Crippen LogP contribution in [-0.4, -0.2) is 29.6 Å². The van der Waals surface area contributed by atoms with Gasteiger partial charge in [-0.3, -0.25) is 0 Å². The van der Waals surface area contributed by atoms with E-state index >= 15 is 0 Å². The highest BCUT2D eigenvalue weighted by molar-refractivity contribution is 6.04. The molecule has 6 rings (SSSR count). The number of hydrogen-bond acceptors (Lipinski definition) is 3. The number of aryl methyl sites for hydroxylation is 1. The number of benzene rings is 2. The van der Waals surface area contributed by atoms with Gasteiger partial charge >= 0.3 is 0 Å². The average molecular weight is 465 g/mol. The summed E-state index contributed by atoms with van der Waals surface area (Å²) in [6, 6.07) is 8.49. The van der Waals surface area contributed by atoms with Gasteiger partial charge in [0, 0.05) is 41.9 Å². The van der Waals surface area contributed by atoms with Crippen molar-refractivity contribution in [3.05, 3.63) is 60.1 Å². The number of hydrogen-bond donors (Lipinski definition) is 0. The summed E-state index contributed by atoms with van der Waals surface area (Å²) in [6.07, 6.45) is 8.93. The first-order chi connectivity index (χ1) is 16.6. The Balaban J connectivity index is 1.60. The molecular formula is C27H28F2N3O2+. The van der Waals surface area contributed by atoms with E-state index in [2.05, 4.69) is 28.0 Å². The molecule has 0 bridgehead atoms. The van der Waals surface area contributed by atoms with Crippen LogP contribution in [-0.2, 0) is 16.5 Å². The molecule has 2 aromatic carbocycles. The maximum Gasteiger partial charge on any atom is 0.192 e. The number of fused-ring (bicyclic) bond motifs is 2. The number of halogens is 2. The Kier molecular flexibility index (Phi) is 5.54. The lowest BCUT2D eigenvalue weighted by molar-refractivity contribution is -0.678. The van der Waals surface area contributed by atoms with Crippen LogP contribution in [0.2, 0.25) is 0 Å². The quantitative estimate of drug-likeness (QED) is 0.373. The molecule has 0 radical (unpaired) electrons. The van der Waals surface area contributed by atoms with Crippen molar-refractivity contribution in [2.24, 2.45) is 7.05 Å². The molecule has 0 aliphatic carbocycles. The number of rotatable bonds is 3. The van der Waals surface area contributed by atoms with Gasteiger partial charge in [-0.15, -0.1) is 0 Å². The molecule has 0 saturated carbocycles. The second-order valence-electron chi connectivity index (χ2n) is 9.42. The van der Waals surface area contributed by atoms with Crippen molar-refractivity contribution in [3.63, 3.8) is 0 Å². The van der Waals surface area contributed by atoms with E-state index in [9.17, 15) is 8.78 Å². The van der Waals surface area contributed by atoms with Gasteiger partial charge in [0.1, 0.15) is 7.05 Å². The van der Waals surface area contributed by atoms with Crippen LogP contribution in [0, 0.1) is 11.6 Å². The molecule has 4 heterocycles. The minimum atomic E-state index is -0.836. The molecule has 2 aliphatic heterocycles. The van der Waals surface area contributed by atoms with Gasteiger partial charge in [0.2, 0.25) is 0 Å². The fourth-order valence-electron chi connectivity index (χ4n) is 5.59. The SMILES string of the molecule is C[n+]1cc2cc3c(cnn3C3CCCCO3)cc2c(-c2ccc(F)c(F)c2)c1C1CCOCC1. The second kappa shape index (κ2) is 8.71. The van der Waals surface area contributed by atoms with Crippen LogP contribution in [0.4, 0.5) is 8.78 Å². The van der Waals surface area contributed by atoms with Gasteiger partial charge in [-0.1, -0.05) is 6.07 Å². The lowest BCUT2D eigenvalue weighted by atomic mass is 9.87. The molecule has 176 valence electrons. The predicted octanol–water partition coefficient (Wildman–Crippen LogP) is 5.55. The first-order valence-electron chi connectivity index (χ1n) is 12.1. The highest BCUT2D eigenvalue weighted by Crippen LogP contribution is 2.39. The van der Waals surface area contributed by atoms with Crippen molar-refractivity contribution in [3.8, 4) is 11.1 Å². The molecule has 0 N–H and O–H groups in total. The molecule has 1 unspecified atom stereocenters. The number of pyridine rings is 1. The Hall–Kier alpha value is -2.90. The molecule has 0 amide bonds. The Bertz CT molecular complexity index is 1370. The lowest BCUT2D eigenvalue weighted by Gasteiger charge is -2.24. The van der Waals surface area contributed by atoms with E-state index in [-0.39, 0.29) is 12.1 Å². The first kappa shape index (κ1) is 21.6. The van der Waals surface area contributed by atoms with Gasteiger partial charge in [-0.05, 0) is 61.9 Å². The van der Waals surface area contributed by atoms with Gasteiger partial charge in [0.25, 0.3) is 0 Å². The zero-order chi connectivity index (χ0) is 23.2. The fraction of sp³-hybridized carbons (Fsp3) is 0.407. The minimum absolute atomic E-state index is 0.0513. The normalized spacial score (nSPS) is 19.8. The number of aromatic nitrogens is 3. The zero-order valence-corrected chi connectivity index (χ0v) is 19.3. The van der Waals surface area contributed by atoms with E-state index in [1.54, 1.807) is 6.07 Å². The molecule has 5 nitrogen and oxygen atoms in total. The topological polar surface area (TPSA) is 40.2 Å². The van der Waals surface area contributed by atoms with E-state index in [0.29, 0.717) is 18.8 Å². The Morgan fingerprint density at radius 1 is 0.971 bits per heavy atom. The molecule has 34 heavy (non-hydrogen) atoms. The van der Waals surface area contributed by atoms with Gasteiger partial charge in [0.15, 0.2) is 29.8 Å². The lowest BCUT2D eigenvalue weighted by Crippen LogP contribution is -2.37. The third-order valence-electron chi connectivity index (χ3n) is 7.25. The Labute approximate surface area is 196 Å². The summed E-state index contributed by atoms with van der Waals surface area (Å²) < 4.78 is 43.9. The summed E-state index contributed by atoms with van der Waals surface area (Å²) >= 11 is 0. The molecule has 7 heteroatoms. The van der Waals surface area contributed by atoms with Crippen LogP contribution in [0.3, 0.4) is 0 Å². The summed E-state index contributed by atoms with van der Waals surface area (Å²) in [5.74, 6) is -1.39. The molecular weight excluding hydrogens is 436 g/mol. The smallest absolute Gasteiger partial charge is 0.192 e. The van der Waals surface area contributed by atoms with Crippen LogP contribution in [0.15, 0.2) is 42.7 Å². The van der Waals surface area contributed by atoms with Crippen molar-refractivity contribution in [2.75, 3.05) is 19.8 Å². The van der Waals surface area contributed by atoms with E-state index < -0.39 is 11.6 Å². The Morgan fingerprint density at radius 2 is 1.82 bits per heavy atom. The van der Waals surface area contributed by atoms with E-state index in [4.69, 9.17) is 9.47 Å². The largest absolute Gasteiger partial charge is 0.381 e. The number of ether oxygens (including phenoxy) is 2. The van der Waals surface area contributed by atoms with Gasteiger partial charge in [0.05, 0.1) is 17.3 Å². The van der Waals surface area contributed by atoms with Crippen molar-refractivity contribution in [2.45, 2.75) is 44.2 Å². The third-order valence-corrected chi connectivity index (χ3v) is 7.25. The molecule has 2 saturated heterocycles. The molecule has 0 spiro atoms. The number of nitrogens with zero attached hydrogens (tertiary/aromatic N) is 3. The summed E-state index contributed by atoms with van der Waals surface area (Å²) in [7, 11) is 2.04. The molecule has 2 aliphatic rings. The van der Waals surface area contributed by atoms with Crippen LogP contribution in [0.25, 0.3) is 32.8 Å². The third kappa shape index (κ3) is 3.67. The highest BCUT2D eigenvalue weighted by Gasteiger charge is 2.30. The summed E-state index contributed by atoms with van der Waals surface area (Å²) in [6.45, 7) is 2.16. The van der Waals surface area contributed by atoms with Crippen LogP contribution in [0.5, 0.6) is 0 Å². The molecule has 2 aromatic heterocycles. The van der Waals surface area contributed by atoms with Gasteiger partial charge in [-0.25, -0.2) is 18.0 Å². The van der Waals surface area contributed by atoms with E-state index in [1.165, 1.54) is 12.1 Å². The standard InChI is InChI=1S/C27H28F2N3O2/c1-31-16-20-14-24-19(15-30-32(24)25-4-2-3-9-34-25)12-21(20)26(18-5-6-22(28)23(29)13-18)27(31)17-7-10-33-11-8-17/h5-6,12-17,25H,2-4,7-11H2,1H3/q+1. The van der Waals surface area contributed by atoms with Crippen LogP contribution < -0.4 is 4.57 Å². The maximum atomic E-state index is 14.4. The summed E-state index contributed by atoms with van der Waals surface area (Å²) in [4.78, 5) is 0. The van der Waals surface area contributed by atoms with Crippen LogP contribution in [0.1, 0.15) is 49.9 Å². The van der Waals surface area contributed by atoms with Crippen molar-refractivity contribution < 1.29 is 22.8 Å². The zero-order valence-electron chi connectivity index (χ0n) is 19.3. The first-order valence-corrected chi connectivity index (χ1v) is 12.1. The van der Waals surface area contributed by atoms with Crippen molar-refractivity contribution >= 4 is 21.7 Å². The predicted molar refractivity (Wildman–Crippen MR) is 125 cm³/mol. The van der Waals surface area contributed by atoms with Gasteiger partial charge < -0.3 is 9.47 Å². The van der Waals surface area contributed by atoms with Gasteiger partial charge in [-0.2, -0.15) is 5.10 Å². The minimum Gasteiger partial charge on any atom is -0.381 e. The average Bonchev–Trinajstić information content (AvgIpc) is 3.27. The van der Waals surface area contributed by atoms with Crippen molar-refractivity contribution in [1.82, 2.24) is 9.78 Å². The highest BCUT2D eigenvalue weighted by atomic mass is 19.2. The van der Waals surface area contributed by atoms with E-state index in [0.717, 1.165) is 71.6 Å². The summed E-state index contributed by atoms with van der Waals surface area (Å²) in [5, 5.41) is 7.72. The monoisotopic (exact) mass is 464 g/mol. The molecule has 4 aromatic rings. The Morgan fingerprint density at radius 3 is 2.59 bits per heavy atom. The van der Waals surface area contributed by atoms with Crippen molar-refractivity contribution in [1.29, 1.82) is 0 Å².